The van der Waals surface area contributed by atoms with E-state index in [0.717, 1.165) is 4.90 Å². The number of rotatable bonds is 8. The Kier molecular flexibility index (Phi) is 9.23. The van der Waals surface area contributed by atoms with Crippen molar-refractivity contribution in [2.24, 2.45) is 5.92 Å². The van der Waals surface area contributed by atoms with E-state index in [2.05, 4.69) is 25.9 Å². The van der Waals surface area contributed by atoms with Crippen LogP contribution in [-0.2, 0) is 14.3 Å². The normalized spacial score (nSPS) is 17.9. The van der Waals surface area contributed by atoms with Gasteiger partial charge in [0.15, 0.2) is 0 Å². The summed E-state index contributed by atoms with van der Waals surface area (Å²) in [6.45, 7) is 3.74. The molecule has 11 nitrogen and oxygen atoms in total. The first-order chi connectivity index (χ1) is 17.2. The van der Waals surface area contributed by atoms with Gasteiger partial charge in [-0.05, 0) is 36.8 Å². The van der Waals surface area contributed by atoms with Crippen LogP contribution in [0.2, 0.25) is 0 Å². The molecular weight excluding hydrogens is 484 g/mol. The minimum atomic E-state index is -1.08. The monoisotopic (exact) mass is 514 g/mol. The lowest BCUT2D eigenvalue weighted by atomic mass is 10.0. The van der Waals surface area contributed by atoms with Crippen LogP contribution in [0.4, 0.5) is 10.5 Å². The lowest BCUT2D eigenvalue weighted by Crippen LogP contribution is -2.58. The average molecular weight is 515 g/mol. The van der Waals surface area contributed by atoms with Gasteiger partial charge in [-0.3, -0.25) is 14.6 Å². The molecule has 1 aliphatic heterocycles. The van der Waals surface area contributed by atoms with Crippen molar-refractivity contribution in [2.75, 3.05) is 25.2 Å². The third kappa shape index (κ3) is 6.51. The number of thioether (sulfide) groups is 1. The maximum Gasteiger partial charge on any atom is 0.328 e. The van der Waals surface area contributed by atoms with E-state index in [1.54, 1.807) is 31.7 Å². The first kappa shape index (κ1) is 26.9. The lowest BCUT2D eigenvalue weighted by molar-refractivity contribution is -0.146. The summed E-state index contributed by atoms with van der Waals surface area (Å²) in [6, 6.07) is 4.12. The van der Waals surface area contributed by atoms with Gasteiger partial charge in [-0.2, -0.15) is 0 Å². The second-order valence-corrected chi connectivity index (χ2v) is 9.39. The number of nitrogens with zero attached hydrogens (tertiary/aromatic N) is 3. The van der Waals surface area contributed by atoms with Crippen LogP contribution in [-0.4, -0.2) is 76.7 Å². The summed E-state index contributed by atoms with van der Waals surface area (Å²) >= 11 is 1.54. The van der Waals surface area contributed by atoms with Crippen LogP contribution < -0.4 is 16.0 Å². The van der Waals surface area contributed by atoms with Gasteiger partial charge in [0.1, 0.15) is 17.8 Å². The quantitative estimate of drug-likeness (QED) is 0.358. The smallest absolute Gasteiger partial charge is 0.328 e. The van der Waals surface area contributed by atoms with Crippen molar-refractivity contribution in [1.29, 1.82) is 0 Å². The van der Waals surface area contributed by atoms with Gasteiger partial charge in [-0.15, -0.1) is 11.8 Å². The molecule has 1 saturated heterocycles. The van der Waals surface area contributed by atoms with Crippen molar-refractivity contribution in [3.05, 3.63) is 48.5 Å². The van der Waals surface area contributed by atoms with Crippen molar-refractivity contribution in [2.45, 2.75) is 43.3 Å². The minimum absolute atomic E-state index is 0.0719. The fraction of sp³-hybridized carbons (Fsp3) is 0.417. The molecule has 0 radical (unpaired) electrons. The fourth-order valence-corrected chi connectivity index (χ4v) is 4.41. The van der Waals surface area contributed by atoms with Gasteiger partial charge in [0.2, 0.25) is 5.91 Å². The number of benzene rings is 1. The number of carbonyl (C=O) groups excluding carboxylic acids is 4. The Morgan fingerprint density at radius 1 is 1.19 bits per heavy atom. The Balaban J connectivity index is 1.82. The third-order valence-electron chi connectivity index (χ3n) is 5.77. The molecule has 2 aromatic rings. The molecule has 3 rings (SSSR count). The predicted octanol–water partition coefficient (Wildman–Crippen LogP) is 1.92. The number of ether oxygens (including phenoxy) is 1. The van der Waals surface area contributed by atoms with E-state index in [4.69, 9.17) is 4.74 Å². The van der Waals surface area contributed by atoms with Gasteiger partial charge in [-0.25, -0.2) is 14.6 Å². The SMILES string of the molecule is COC(=O)[C@H](NC(=O)[C@H]1[C@@H](NC(=O)Nc2cccc(SC)c2)CCN1C(=O)c1cnccn1)C(C)C. The molecule has 2 heterocycles. The van der Waals surface area contributed by atoms with Gasteiger partial charge in [0, 0.05) is 29.5 Å². The summed E-state index contributed by atoms with van der Waals surface area (Å²) in [5, 5.41) is 8.28. The van der Waals surface area contributed by atoms with Crippen molar-refractivity contribution >= 4 is 41.3 Å². The second-order valence-electron chi connectivity index (χ2n) is 8.51. The fourth-order valence-electron chi connectivity index (χ4n) is 3.95. The molecule has 1 aromatic heterocycles. The van der Waals surface area contributed by atoms with Crippen LogP contribution in [0.5, 0.6) is 0 Å². The van der Waals surface area contributed by atoms with E-state index in [0.29, 0.717) is 12.1 Å². The number of esters is 1. The first-order valence-electron chi connectivity index (χ1n) is 11.4. The largest absolute Gasteiger partial charge is 0.467 e. The van der Waals surface area contributed by atoms with E-state index in [-0.39, 0.29) is 18.2 Å². The third-order valence-corrected chi connectivity index (χ3v) is 6.50. The lowest BCUT2D eigenvalue weighted by Gasteiger charge is -2.29. The van der Waals surface area contributed by atoms with E-state index in [1.807, 2.05) is 24.5 Å². The van der Waals surface area contributed by atoms with Crippen molar-refractivity contribution in [1.82, 2.24) is 25.5 Å². The first-order valence-corrected chi connectivity index (χ1v) is 12.6. The zero-order valence-corrected chi connectivity index (χ0v) is 21.4. The number of methoxy groups -OCH3 is 1. The van der Waals surface area contributed by atoms with E-state index >= 15 is 0 Å². The molecule has 12 heteroatoms. The molecule has 4 amide bonds. The number of carbonyl (C=O) groups is 4. The highest BCUT2D eigenvalue weighted by atomic mass is 32.2. The molecule has 1 fully saturated rings. The molecule has 3 N–H and O–H groups in total. The standard InChI is InChI=1S/C24H30N6O5S/c1-14(2)19(23(33)35-3)29-21(31)20-17(8-11-30(20)22(32)18-13-25-9-10-26-18)28-24(34)27-15-6-5-7-16(12-15)36-4/h5-7,9-10,12-14,17,19-20H,8,11H2,1-4H3,(H,29,31)(H2,27,28,34)/t17-,19+,20+/m0/s1. The maximum atomic E-state index is 13.4. The highest BCUT2D eigenvalue weighted by Crippen LogP contribution is 2.23. The number of amides is 4. The number of hydrogen-bond donors (Lipinski definition) is 3. The highest BCUT2D eigenvalue weighted by molar-refractivity contribution is 7.98. The number of aromatic nitrogens is 2. The summed E-state index contributed by atoms with van der Waals surface area (Å²) in [4.78, 5) is 62.0. The molecule has 0 saturated carbocycles. The number of nitrogens with one attached hydrogen (secondary N) is 3. The maximum absolute atomic E-state index is 13.4. The molecule has 192 valence electrons. The molecule has 1 aliphatic rings. The molecular formula is C24H30N6O5S. The summed E-state index contributed by atoms with van der Waals surface area (Å²) < 4.78 is 4.82. The number of hydrogen-bond acceptors (Lipinski definition) is 8. The molecule has 36 heavy (non-hydrogen) atoms. The Hall–Kier alpha value is -3.67. The summed E-state index contributed by atoms with van der Waals surface area (Å²) in [5.41, 5.74) is 0.666. The van der Waals surface area contributed by atoms with Crippen LogP contribution in [0.1, 0.15) is 30.8 Å². The molecule has 0 aliphatic carbocycles. The summed E-state index contributed by atoms with van der Waals surface area (Å²) in [7, 11) is 1.24. The summed E-state index contributed by atoms with van der Waals surface area (Å²) in [5.74, 6) is -1.94. The Bertz CT molecular complexity index is 1100. The van der Waals surface area contributed by atoms with Gasteiger partial charge < -0.3 is 25.6 Å². The van der Waals surface area contributed by atoms with Crippen molar-refractivity contribution in [3.63, 3.8) is 0 Å². The Morgan fingerprint density at radius 3 is 2.61 bits per heavy atom. The van der Waals surface area contributed by atoms with Gasteiger partial charge >= 0.3 is 12.0 Å². The zero-order valence-electron chi connectivity index (χ0n) is 20.6. The number of urea groups is 1. The molecule has 0 bridgehead atoms. The Morgan fingerprint density at radius 2 is 1.97 bits per heavy atom. The van der Waals surface area contributed by atoms with Crippen molar-refractivity contribution in [3.8, 4) is 0 Å². The second kappa shape index (κ2) is 12.3. The van der Waals surface area contributed by atoms with Crippen molar-refractivity contribution < 1.29 is 23.9 Å². The van der Waals surface area contributed by atoms with Gasteiger partial charge in [-0.1, -0.05) is 19.9 Å². The minimum Gasteiger partial charge on any atom is -0.467 e. The van der Waals surface area contributed by atoms with Gasteiger partial charge in [0.25, 0.3) is 5.91 Å². The van der Waals surface area contributed by atoms with Crippen LogP contribution in [0.25, 0.3) is 0 Å². The average Bonchev–Trinajstić information content (AvgIpc) is 3.29. The molecule has 1 aromatic carbocycles. The van der Waals surface area contributed by atoms with E-state index in [9.17, 15) is 19.2 Å². The topological polar surface area (TPSA) is 143 Å². The Labute approximate surface area is 213 Å². The molecule has 3 atom stereocenters. The van der Waals surface area contributed by atoms with Crippen LogP contribution in [0, 0.1) is 5.92 Å². The number of likely N-dealkylation sites (tertiary alicyclic amines) is 1. The van der Waals surface area contributed by atoms with Crippen LogP contribution >= 0.6 is 11.8 Å². The van der Waals surface area contributed by atoms with Gasteiger partial charge in [0.05, 0.1) is 19.3 Å². The van der Waals surface area contributed by atoms with Crippen LogP contribution in [0.15, 0.2) is 47.8 Å². The predicted molar refractivity (Wildman–Crippen MR) is 134 cm³/mol. The van der Waals surface area contributed by atoms with E-state index < -0.39 is 41.9 Å². The zero-order chi connectivity index (χ0) is 26.2. The number of anilines is 1. The van der Waals surface area contributed by atoms with E-state index in [1.165, 1.54) is 30.6 Å². The summed E-state index contributed by atoms with van der Waals surface area (Å²) in [6.07, 6.45) is 6.40. The molecule has 0 unspecified atom stereocenters. The highest BCUT2D eigenvalue weighted by Gasteiger charge is 2.44. The van der Waals surface area contributed by atoms with Crippen LogP contribution in [0.3, 0.4) is 0 Å². The molecule has 0 spiro atoms.